The number of amides is 1. The van der Waals surface area contributed by atoms with Crippen LogP contribution in [-0.2, 0) is 0 Å². The molecule has 0 atom stereocenters. The number of halogens is 1. The first-order chi connectivity index (χ1) is 17.9. The van der Waals surface area contributed by atoms with Crippen LogP contribution >= 0.6 is 11.6 Å². The van der Waals surface area contributed by atoms with Gasteiger partial charge in [-0.05, 0) is 35.7 Å². The largest absolute Gasteiger partial charge is 0.392 e. The second-order valence-corrected chi connectivity index (χ2v) is 9.86. The van der Waals surface area contributed by atoms with Crippen molar-refractivity contribution in [2.45, 2.75) is 13.8 Å². The second-order valence-electron chi connectivity index (χ2n) is 9.45. The number of aliphatic hydroxyl groups is 1. The van der Waals surface area contributed by atoms with Crippen LogP contribution in [0.1, 0.15) is 24.2 Å². The van der Waals surface area contributed by atoms with Crippen LogP contribution in [0.25, 0.3) is 22.2 Å². The lowest BCUT2D eigenvalue weighted by molar-refractivity contribution is 0.0938. The number of carbonyl (C=O) groups is 1. The highest BCUT2D eigenvalue weighted by Gasteiger charge is 2.20. The molecule has 4 rings (SSSR count). The third kappa shape index (κ3) is 6.87. The Morgan fingerprint density at radius 3 is 2.65 bits per heavy atom. The number of nitrogens with zero attached hydrogens (tertiary/aromatic N) is 2. The Balaban J connectivity index is 1.33. The summed E-state index contributed by atoms with van der Waals surface area (Å²) in [4.78, 5) is 24.9. The summed E-state index contributed by atoms with van der Waals surface area (Å²) in [6, 6.07) is 15.3. The Hall–Kier alpha value is -3.88. The number of hydrogen-bond acceptors (Lipinski definition) is 6. The van der Waals surface area contributed by atoms with E-state index in [2.05, 4.69) is 44.7 Å². The molecule has 0 aliphatic heterocycles. The molecule has 0 fully saturated rings. The van der Waals surface area contributed by atoms with Crippen molar-refractivity contribution in [2.24, 2.45) is 5.41 Å². The third-order valence-corrected chi connectivity index (χ3v) is 6.16. The van der Waals surface area contributed by atoms with E-state index in [1.807, 2.05) is 48.7 Å². The molecule has 0 radical (unpaired) electrons. The van der Waals surface area contributed by atoms with Crippen LogP contribution < -0.4 is 16.0 Å². The van der Waals surface area contributed by atoms with E-state index in [1.165, 1.54) is 0 Å². The number of hydrogen-bond donors (Lipinski definition) is 5. The molecule has 0 aliphatic carbocycles. The van der Waals surface area contributed by atoms with Gasteiger partial charge in [-0.2, -0.15) is 0 Å². The van der Waals surface area contributed by atoms with E-state index < -0.39 is 0 Å². The standard InChI is InChI=1S/C28H31ClN6O2/c1-28(2,17-33-26(37)19-9-11-20(12-10-19)30-13-5-6-14-36)18-34-27-32-16-23(29)25(35-27)22-15-31-24-8-4-3-7-21(22)24/h3-12,15-16,30-31,36H,13-14,17-18H2,1-2H3,(H,33,37)(H,32,34,35)/b6-5+. The second kappa shape index (κ2) is 11.9. The van der Waals surface area contributed by atoms with Crippen molar-refractivity contribution in [2.75, 3.05) is 36.9 Å². The Labute approximate surface area is 221 Å². The van der Waals surface area contributed by atoms with Crippen LogP contribution in [0.5, 0.6) is 0 Å². The van der Waals surface area contributed by atoms with Crippen molar-refractivity contribution in [1.82, 2.24) is 20.3 Å². The van der Waals surface area contributed by atoms with Crippen molar-refractivity contribution in [3.8, 4) is 11.3 Å². The van der Waals surface area contributed by atoms with Gasteiger partial charge in [-0.1, -0.05) is 55.8 Å². The highest BCUT2D eigenvalue weighted by atomic mass is 35.5. The quantitative estimate of drug-likeness (QED) is 0.176. The predicted octanol–water partition coefficient (Wildman–Crippen LogP) is 5.11. The Bertz CT molecular complexity index is 1380. The maximum atomic E-state index is 12.7. The summed E-state index contributed by atoms with van der Waals surface area (Å²) >= 11 is 6.44. The van der Waals surface area contributed by atoms with Crippen LogP contribution in [-0.4, -0.2) is 52.2 Å². The van der Waals surface area contributed by atoms with Gasteiger partial charge in [0.15, 0.2) is 0 Å². The lowest BCUT2D eigenvalue weighted by Crippen LogP contribution is -2.38. The summed E-state index contributed by atoms with van der Waals surface area (Å²) in [5.41, 5.74) is 3.81. The fourth-order valence-electron chi connectivity index (χ4n) is 3.79. The minimum atomic E-state index is -0.264. The number of aromatic amines is 1. The van der Waals surface area contributed by atoms with Crippen molar-refractivity contribution < 1.29 is 9.90 Å². The zero-order valence-corrected chi connectivity index (χ0v) is 21.6. The SMILES string of the molecule is CC(C)(CNC(=O)c1ccc(NC/C=C/CO)cc1)CNc1ncc(Cl)c(-c2c[nH]c3ccccc23)n1. The first-order valence-electron chi connectivity index (χ1n) is 12.1. The molecule has 9 heteroatoms. The summed E-state index contributed by atoms with van der Waals surface area (Å²) in [5, 5.41) is 19.8. The molecule has 0 spiro atoms. The van der Waals surface area contributed by atoms with E-state index >= 15 is 0 Å². The molecule has 2 aromatic heterocycles. The first kappa shape index (κ1) is 26.2. The van der Waals surface area contributed by atoms with E-state index in [4.69, 9.17) is 16.7 Å². The monoisotopic (exact) mass is 518 g/mol. The van der Waals surface area contributed by atoms with E-state index in [1.54, 1.807) is 24.4 Å². The number of H-pyrrole nitrogens is 1. The fraction of sp³-hybridized carbons (Fsp3) is 0.250. The van der Waals surface area contributed by atoms with E-state index in [0.29, 0.717) is 41.9 Å². The number of aromatic nitrogens is 3. The summed E-state index contributed by atoms with van der Waals surface area (Å²) in [5.74, 6) is 0.338. The molecule has 8 nitrogen and oxygen atoms in total. The van der Waals surface area contributed by atoms with E-state index in [9.17, 15) is 4.79 Å². The number of aliphatic hydroxyl groups excluding tert-OH is 1. The van der Waals surface area contributed by atoms with Crippen molar-refractivity contribution in [3.63, 3.8) is 0 Å². The van der Waals surface area contributed by atoms with Gasteiger partial charge in [0.25, 0.3) is 5.91 Å². The molecule has 5 N–H and O–H groups in total. The number of nitrogens with one attached hydrogen (secondary N) is 4. The molecule has 1 amide bonds. The van der Waals surface area contributed by atoms with Gasteiger partial charge >= 0.3 is 0 Å². The Kier molecular flexibility index (Phi) is 8.43. The van der Waals surface area contributed by atoms with Gasteiger partial charge in [0.1, 0.15) is 0 Å². The highest BCUT2D eigenvalue weighted by Crippen LogP contribution is 2.32. The van der Waals surface area contributed by atoms with Crippen LogP contribution in [0, 0.1) is 5.41 Å². The minimum absolute atomic E-state index is 0.0193. The van der Waals surface area contributed by atoms with Crippen LogP contribution in [0.2, 0.25) is 5.02 Å². The molecule has 0 saturated carbocycles. The molecule has 192 valence electrons. The highest BCUT2D eigenvalue weighted by molar-refractivity contribution is 6.33. The van der Waals surface area contributed by atoms with Gasteiger partial charge in [-0.25, -0.2) is 9.97 Å². The molecule has 0 unspecified atom stereocenters. The summed E-state index contributed by atoms with van der Waals surface area (Å²) in [7, 11) is 0. The molecule has 0 aliphatic rings. The minimum Gasteiger partial charge on any atom is -0.392 e. The fourth-order valence-corrected chi connectivity index (χ4v) is 3.98. The molecular weight excluding hydrogens is 488 g/mol. The van der Waals surface area contributed by atoms with E-state index in [-0.39, 0.29) is 17.9 Å². The first-order valence-corrected chi connectivity index (χ1v) is 12.4. The summed E-state index contributed by atoms with van der Waals surface area (Å²) < 4.78 is 0. The summed E-state index contributed by atoms with van der Waals surface area (Å²) in [6.45, 7) is 5.76. The van der Waals surface area contributed by atoms with Gasteiger partial charge in [0, 0.05) is 53.5 Å². The average Bonchev–Trinajstić information content (AvgIpc) is 3.34. The zero-order chi connectivity index (χ0) is 26.3. The average molecular weight is 519 g/mol. The molecular formula is C28H31ClN6O2. The number of carbonyl (C=O) groups excluding carboxylic acids is 1. The molecule has 2 heterocycles. The number of rotatable bonds is 11. The van der Waals surface area contributed by atoms with Crippen LogP contribution in [0.3, 0.4) is 0 Å². The zero-order valence-electron chi connectivity index (χ0n) is 20.9. The Morgan fingerprint density at radius 2 is 1.86 bits per heavy atom. The van der Waals surface area contributed by atoms with Crippen molar-refractivity contribution in [3.05, 3.63) is 83.7 Å². The van der Waals surface area contributed by atoms with Gasteiger partial charge in [0.2, 0.25) is 5.95 Å². The molecule has 4 aromatic rings. The Morgan fingerprint density at radius 1 is 1.08 bits per heavy atom. The number of fused-ring (bicyclic) bond motifs is 1. The molecule has 0 saturated heterocycles. The normalized spacial score (nSPS) is 11.7. The van der Waals surface area contributed by atoms with Gasteiger partial charge in [-0.15, -0.1) is 0 Å². The van der Waals surface area contributed by atoms with Crippen LogP contribution in [0.15, 0.2) is 73.1 Å². The smallest absolute Gasteiger partial charge is 0.251 e. The van der Waals surface area contributed by atoms with Gasteiger partial charge < -0.3 is 26.0 Å². The predicted molar refractivity (Wildman–Crippen MR) is 150 cm³/mol. The lowest BCUT2D eigenvalue weighted by Gasteiger charge is -2.25. The topological polar surface area (TPSA) is 115 Å². The number of benzene rings is 2. The van der Waals surface area contributed by atoms with Crippen LogP contribution in [0.4, 0.5) is 11.6 Å². The van der Waals surface area contributed by atoms with Gasteiger partial charge in [0.05, 0.1) is 23.5 Å². The molecule has 0 bridgehead atoms. The van der Waals surface area contributed by atoms with Gasteiger partial charge in [-0.3, -0.25) is 4.79 Å². The molecule has 37 heavy (non-hydrogen) atoms. The summed E-state index contributed by atoms with van der Waals surface area (Å²) in [6.07, 6.45) is 7.02. The maximum absolute atomic E-state index is 12.7. The maximum Gasteiger partial charge on any atom is 0.251 e. The molecule has 2 aromatic carbocycles. The number of para-hydroxylation sites is 1. The van der Waals surface area contributed by atoms with Crippen molar-refractivity contribution in [1.29, 1.82) is 0 Å². The lowest BCUT2D eigenvalue weighted by atomic mass is 9.93. The number of anilines is 2. The van der Waals surface area contributed by atoms with Crippen molar-refractivity contribution >= 4 is 40.0 Å². The van der Waals surface area contributed by atoms with E-state index in [0.717, 1.165) is 22.2 Å². The third-order valence-electron chi connectivity index (χ3n) is 5.88.